The molecule has 0 aliphatic carbocycles. The minimum atomic E-state index is 0. The molecule has 0 saturated heterocycles. The molecule has 0 aliphatic heterocycles. The average molecular weight is 350 g/mol. The number of unbranched alkanes of at least 4 members (excludes halogenated alkanes) is 3. The van der Waals surface area contributed by atoms with Crippen molar-refractivity contribution in [3.63, 3.8) is 0 Å². The van der Waals surface area contributed by atoms with E-state index in [1.807, 2.05) is 0 Å². The van der Waals surface area contributed by atoms with E-state index in [0.29, 0.717) is 0 Å². The zero-order chi connectivity index (χ0) is 14.6. The fourth-order valence-corrected chi connectivity index (χ4v) is 3.50. The highest BCUT2D eigenvalue weighted by atomic mass is 79.9. The predicted molar refractivity (Wildman–Crippen MR) is 88.6 cm³/mol. The second kappa shape index (κ2) is 14.4. The van der Waals surface area contributed by atoms with Gasteiger partial charge in [0.15, 0.2) is 0 Å². The highest BCUT2D eigenvalue weighted by Gasteiger charge is 2.33. The molecule has 0 N–H and O–H groups in total. The van der Waals surface area contributed by atoms with E-state index in [1.54, 1.807) is 0 Å². The Morgan fingerprint density at radius 2 is 1.05 bits per heavy atom. The maximum Gasteiger partial charge on any atom is 0.0887 e. The van der Waals surface area contributed by atoms with Crippen molar-refractivity contribution in [2.75, 3.05) is 19.6 Å². The van der Waals surface area contributed by atoms with E-state index in [4.69, 9.17) is 0 Å². The van der Waals surface area contributed by atoms with Crippen LogP contribution in [0.2, 0.25) is 0 Å². The molecule has 0 aliphatic rings. The first kappa shape index (κ1) is 22.7. The molecular weight excluding hydrogens is 310 g/mol. The quantitative estimate of drug-likeness (QED) is 0.448. The van der Waals surface area contributed by atoms with Crippen molar-refractivity contribution in [2.24, 2.45) is 0 Å². The van der Waals surface area contributed by atoms with Crippen molar-refractivity contribution >= 4 is 0 Å². The van der Waals surface area contributed by atoms with E-state index >= 15 is 0 Å². The number of halogens is 1. The van der Waals surface area contributed by atoms with Gasteiger partial charge in [-0.2, -0.15) is 0 Å². The fourth-order valence-electron chi connectivity index (χ4n) is 3.50. The van der Waals surface area contributed by atoms with Crippen LogP contribution < -0.4 is 17.0 Å². The Hall–Kier alpha value is 0.440. The highest BCUT2D eigenvalue weighted by Crippen LogP contribution is 2.25. The van der Waals surface area contributed by atoms with Gasteiger partial charge in [-0.1, -0.05) is 60.3 Å². The van der Waals surface area contributed by atoms with Gasteiger partial charge in [0.25, 0.3) is 0 Å². The van der Waals surface area contributed by atoms with Gasteiger partial charge in [0.1, 0.15) is 0 Å². The van der Waals surface area contributed by atoms with E-state index in [0.717, 1.165) is 6.04 Å². The van der Waals surface area contributed by atoms with Gasteiger partial charge in [-0.25, -0.2) is 0 Å². The van der Waals surface area contributed by atoms with Crippen molar-refractivity contribution in [2.45, 2.75) is 98.4 Å². The molecule has 1 nitrogen and oxygen atoms in total. The largest absolute Gasteiger partial charge is 1.00 e. The first-order valence-electron chi connectivity index (χ1n) is 9.06. The number of hydrogen-bond donors (Lipinski definition) is 0. The first-order valence-corrected chi connectivity index (χ1v) is 9.06. The molecule has 0 radical (unpaired) electrons. The van der Waals surface area contributed by atoms with E-state index in [-0.39, 0.29) is 17.0 Å². The third kappa shape index (κ3) is 8.02. The van der Waals surface area contributed by atoms with E-state index in [9.17, 15) is 0 Å². The van der Waals surface area contributed by atoms with Crippen LogP contribution in [0.15, 0.2) is 0 Å². The molecule has 1 atom stereocenters. The summed E-state index contributed by atoms with van der Waals surface area (Å²) in [5.74, 6) is 0. The minimum Gasteiger partial charge on any atom is -1.00 e. The van der Waals surface area contributed by atoms with Crippen LogP contribution in [0, 0.1) is 0 Å². The van der Waals surface area contributed by atoms with Gasteiger partial charge in [-0.05, 0) is 32.1 Å². The number of hydrogen-bond acceptors (Lipinski definition) is 0. The topological polar surface area (TPSA) is 0 Å². The van der Waals surface area contributed by atoms with E-state index in [1.165, 1.54) is 81.9 Å². The van der Waals surface area contributed by atoms with Gasteiger partial charge in [0, 0.05) is 0 Å². The van der Waals surface area contributed by atoms with Crippen LogP contribution in [0.4, 0.5) is 0 Å². The summed E-state index contributed by atoms with van der Waals surface area (Å²) < 4.78 is 1.43. The molecule has 0 saturated carbocycles. The summed E-state index contributed by atoms with van der Waals surface area (Å²) >= 11 is 0. The summed E-state index contributed by atoms with van der Waals surface area (Å²) in [4.78, 5) is 0. The van der Waals surface area contributed by atoms with Crippen molar-refractivity contribution in [1.29, 1.82) is 0 Å². The summed E-state index contributed by atoms with van der Waals surface area (Å²) in [6.45, 7) is 16.1. The predicted octanol–water partition coefficient (Wildman–Crippen LogP) is 2.79. The number of quaternary nitrogens is 1. The summed E-state index contributed by atoms with van der Waals surface area (Å²) in [6.07, 6.45) is 12.4. The lowest BCUT2D eigenvalue weighted by Gasteiger charge is -2.45. The number of nitrogens with zero attached hydrogens (tertiary/aromatic N) is 1. The summed E-state index contributed by atoms with van der Waals surface area (Å²) in [7, 11) is 0. The Morgan fingerprint density at radius 1 is 0.650 bits per heavy atom. The lowest BCUT2D eigenvalue weighted by Crippen LogP contribution is -3.00. The molecule has 0 amide bonds. The molecule has 2 heteroatoms. The zero-order valence-electron chi connectivity index (χ0n) is 14.9. The van der Waals surface area contributed by atoms with E-state index < -0.39 is 0 Å². The molecule has 0 aromatic carbocycles. The standard InChI is InChI=1S/C18H40N.BrH/c1-6-11-15-19(16-12-7-2,17-13-8-3)18(10-5)14-9-4;/h18H,6-17H2,1-5H3;1H/q+1;/p-1. The average Bonchev–Trinajstić information content (AvgIpc) is 2.44. The third-order valence-electron chi connectivity index (χ3n) is 4.74. The molecule has 1 unspecified atom stereocenters. The summed E-state index contributed by atoms with van der Waals surface area (Å²) in [5.41, 5.74) is 0. The van der Waals surface area contributed by atoms with E-state index in [2.05, 4.69) is 34.6 Å². The van der Waals surface area contributed by atoms with Gasteiger partial charge in [0.2, 0.25) is 0 Å². The van der Waals surface area contributed by atoms with Gasteiger partial charge in [0.05, 0.1) is 25.7 Å². The summed E-state index contributed by atoms with van der Waals surface area (Å²) in [5, 5.41) is 0. The van der Waals surface area contributed by atoms with Crippen molar-refractivity contribution < 1.29 is 21.5 Å². The lowest BCUT2D eigenvalue weighted by atomic mass is 10.0. The monoisotopic (exact) mass is 349 g/mol. The Kier molecular flexibility index (Phi) is 16.3. The van der Waals surface area contributed by atoms with Crippen molar-refractivity contribution in [3.8, 4) is 0 Å². The molecular formula is C18H40BrN. The highest BCUT2D eigenvalue weighted by molar-refractivity contribution is 4.61. The SMILES string of the molecule is CCCC[N+](CCCC)(CCCC)C(CC)CCC.[Br-]. The van der Waals surface area contributed by atoms with Crippen LogP contribution in [0.3, 0.4) is 0 Å². The number of rotatable bonds is 13. The molecule has 0 heterocycles. The van der Waals surface area contributed by atoms with Crippen LogP contribution in [0.1, 0.15) is 92.4 Å². The van der Waals surface area contributed by atoms with Crippen LogP contribution in [0.25, 0.3) is 0 Å². The van der Waals surface area contributed by atoms with Crippen molar-refractivity contribution in [3.05, 3.63) is 0 Å². The fraction of sp³-hybridized carbons (Fsp3) is 1.00. The summed E-state index contributed by atoms with van der Waals surface area (Å²) in [6, 6.07) is 0.912. The Morgan fingerprint density at radius 3 is 1.30 bits per heavy atom. The normalized spacial score (nSPS) is 13.1. The lowest BCUT2D eigenvalue weighted by molar-refractivity contribution is -0.952. The molecule has 0 bridgehead atoms. The van der Waals surface area contributed by atoms with Crippen molar-refractivity contribution in [1.82, 2.24) is 0 Å². The minimum absolute atomic E-state index is 0. The van der Waals surface area contributed by atoms with Crippen LogP contribution in [-0.2, 0) is 0 Å². The molecule has 0 fully saturated rings. The maximum absolute atomic E-state index is 2.41. The second-order valence-electron chi connectivity index (χ2n) is 6.30. The zero-order valence-corrected chi connectivity index (χ0v) is 16.5. The molecule has 124 valence electrons. The molecule has 0 spiro atoms. The van der Waals surface area contributed by atoms with Gasteiger partial charge in [-0.3, -0.25) is 0 Å². The third-order valence-corrected chi connectivity index (χ3v) is 4.74. The molecule has 0 aromatic heterocycles. The Labute approximate surface area is 139 Å². The second-order valence-corrected chi connectivity index (χ2v) is 6.30. The first-order chi connectivity index (χ1) is 9.20. The Bertz CT molecular complexity index is 172. The Balaban J connectivity index is 0. The molecule has 20 heavy (non-hydrogen) atoms. The van der Waals surface area contributed by atoms with Gasteiger partial charge in [-0.15, -0.1) is 0 Å². The van der Waals surface area contributed by atoms with Gasteiger partial charge < -0.3 is 21.5 Å². The van der Waals surface area contributed by atoms with Crippen LogP contribution >= 0.6 is 0 Å². The van der Waals surface area contributed by atoms with Crippen LogP contribution in [-0.4, -0.2) is 30.2 Å². The molecule has 0 rings (SSSR count). The van der Waals surface area contributed by atoms with Gasteiger partial charge >= 0.3 is 0 Å². The maximum atomic E-state index is 2.41. The smallest absolute Gasteiger partial charge is 0.0887 e. The molecule has 0 aromatic rings. The van der Waals surface area contributed by atoms with Crippen LogP contribution in [0.5, 0.6) is 0 Å².